The topological polar surface area (TPSA) is 75.7 Å². The summed E-state index contributed by atoms with van der Waals surface area (Å²) >= 11 is 0. The lowest BCUT2D eigenvalue weighted by Gasteiger charge is -2.19. The molecule has 6 nitrogen and oxygen atoms in total. The Bertz CT molecular complexity index is 945. The van der Waals surface area contributed by atoms with E-state index in [0.29, 0.717) is 24.4 Å². The van der Waals surface area contributed by atoms with E-state index in [1.54, 1.807) is 6.92 Å². The molecule has 3 rings (SSSR count). The monoisotopic (exact) mass is 394 g/mol. The molecule has 0 aliphatic carbocycles. The summed E-state index contributed by atoms with van der Waals surface area (Å²) < 4.78 is 45.6. The highest BCUT2D eigenvalue weighted by Gasteiger charge is 2.26. The quantitative estimate of drug-likeness (QED) is 0.862. The number of anilines is 1. The summed E-state index contributed by atoms with van der Waals surface area (Å²) in [7, 11) is -3.75. The molecular formula is C19H23FN2O4S. The van der Waals surface area contributed by atoms with Gasteiger partial charge in [-0.3, -0.25) is 4.79 Å². The molecule has 0 unspecified atom stereocenters. The number of ether oxygens (including phenoxy) is 1. The fourth-order valence-corrected chi connectivity index (χ4v) is 4.19. The van der Waals surface area contributed by atoms with Crippen molar-refractivity contribution in [1.29, 1.82) is 0 Å². The summed E-state index contributed by atoms with van der Waals surface area (Å²) in [5.74, 6) is -0.828. The van der Waals surface area contributed by atoms with Crippen LogP contribution in [-0.2, 0) is 14.8 Å². The fraction of sp³-hybridized carbons (Fsp3) is 0.316. The predicted octanol–water partition coefficient (Wildman–Crippen LogP) is 3.39. The molecule has 0 saturated carbocycles. The van der Waals surface area contributed by atoms with Crippen LogP contribution in [0.25, 0.3) is 0 Å². The summed E-state index contributed by atoms with van der Waals surface area (Å²) in [6, 6.07) is 10.1. The Kier molecular flexibility index (Phi) is 5.88. The summed E-state index contributed by atoms with van der Waals surface area (Å²) in [4.78, 5) is 12.5. The van der Waals surface area contributed by atoms with Crippen LogP contribution in [0.2, 0.25) is 0 Å². The molecule has 2 aromatic carbocycles. The number of hydrogen-bond acceptors (Lipinski definition) is 4. The highest BCUT2D eigenvalue weighted by molar-refractivity contribution is 7.89. The normalized spacial score (nSPS) is 15.9. The van der Waals surface area contributed by atoms with E-state index >= 15 is 0 Å². The smallest absolute Gasteiger partial charge is 0.255 e. The van der Waals surface area contributed by atoms with Crippen molar-refractivity contribution in [3.63, 3.8) is 0 Å². The van der Waals surface area contributed by atoms with Crippen LogP contribution in [0.1, 0.15) is 30.2 Å². The average Bonchev–Trinajstić information content (AvgIpc) is 2.95. The van der Waals surface area contributed by atoms with Crippen molar-refractivity contribution in [3.8, 4) is 0 Å². The number of halogens is 1. The summed E-state index contributed by atoms with van der Waals surface area (Å²) in [5.41, 5.74) is 1.05. The molecule has 2 aromatic rings. The maximum absolute atomic E-state index is 13.4. The molecule has 1 aliphatic heterocycles. The molecule has 1 aliphatic rings. The van der Waals surface area contributed by atoms with Crippen molar-refractivity contribution < 1.29 is 23.8 Å². The Labute approximate surface area is 159 Å². The highest BCUT2D eigenvalue weighted by Crippen LogP contribution is 2.20. The minimum Gasteiger partial charge on any atom is -0.365 e. The van der Waals surface area contributed by atoms with Crippen LogP contribution in [-0.4, -0.2) is 38.5 Å². The van der Waals surface area contributed by atoms with Gasteiger partial charge < -0.3 is 10.1 Å². The number of hydrogen-bond donors (Lipinski definition) is 1. The van der Waals surface area contributed by atoms with Crippen molar-refractivity contribution in [1.82, 2.24) is 4.31 Å². The Morgan fingerprint density at radius 3 is 2.81 bits per heavy atom. The summed E-state index contributed by atoms with van der Waals surface area (Å²) in [6.45, 7) is 2.52. The number of nitrogens with zero attached hydrogens (tertiary/aromatic N) is 1. The number of carbonyl (C=O) groups excluding carboxylic acids is 1. The van der Waals surface area contributed by atoms with Crippen LogP contribution in [0.5, 0.6) is 0 Å². The fourth-order valence-electron chi connectivity index (χ4n) is 2.79. The maximum Gasteiger partial charge on any atom is 0.255 e. The zero-order chi connectivity index (χ0) is 19.4. The number of amides is 1. The molecule has 1 N–H and O–H groups in total. The number of aryl methyl sites for hydroxylation is 1. The molecule has 0 bridgehead atoms. The molecule has 0 atom stereocenters. The zero-order valence-corrected chi connectivity index (χ0v) is 15.8. The lowest BCUT2D eigenvalue weighted by atomic mass is 10.2. The Morgan fingerprint density at radius 1 is 1.22 bits per heavy atom. The number of sulfonamides is 1. The van der Waals surface area contributed by atoms with E-state index in [2.05, 4.69) is 5.32 Å². The second-order valence-electron chi connectivity index (χ2n) is 6.37. The van der Waals surface area contributed by atoms with Crippen LogP contribution in [0.15, 0.2) is 47.4 Å². The third-order valence-corrected chi connectivity index (χ3v) is 6.15. The minimum atomic E-state index is -3.75. The van der Waals surface area contributed by atoms with Gasteiger partial charge in [0, 0.05) is 25.8 Å². The SMILES string of the molecule is Cc1cc(NC(=O)c2cccc(S(=O)(=O)N3CCCCOC3)c2)ccc1F.[HH]. The minimum absolute atomic E-state index is 0. The van der Waals surface area contributed by atoms with Crippen LogP contribution in [0.3, 0.4) is 0 Å². The van der Waals surface area contributed by atoms with E-state index in [1.807, 2.05) is 0 Å². The second kappa shape index (κ2) is 8.16. The van der Waals surface area contributed by atoms with Gasteiger partial charge in [-0.2, -0.15) is 4.31 Å². The van der Waals surface area contributed by atoms with Crippen molar-refractivity contribution in [2.24, 2.45) is 0 Å². The predicted molar refractivity (Wildman–Crippen MR) is 102 cm³/mol. The van der Waals surface area contributed by atoms with Gasteiger partial charge in [0.15, 0.2) is 0 Å². The van der Waals surface area contributed by atoms with Crippen LogP contribution < -0.4 is 5.32 Å². The molecule has 0 radical (unpaired) electrons. The molecule has 0 spiro atoms. The van der Waals surface area contributed by atoms with Gasteiger partial charge in [-0.05, 0) is 61.7 Å². The molecule has 1 heterocycles. The van der Waals surface area contributed by atoms with Gasteiger partial charge in [0.2, 0.25) is 10.0 Å². The third-order valence-electron chi connectivity index (χ3n) is 4.33. The maximum atomic E-state index is 13.4. The second-order valence-corrected chi connectivity index (χ2v) is 8.31. The Morgan fingerprint density at radius 2 is 2.04 bits per heavy atom. The average molecular weight is 394 g/mol. The first-order valence-electron chi connectivity index (χ1n) is 8.63. The number of nitrogens with one attached hydrogen (secondary N) is 1. The van der Waals surface area contributed by atoms with Gasteiger partial charge in [-0.15, -0.1) is 0 Å². The van der Waals surface area contributed by atoms with Crippen molar-refractivity contribution >= 4 is 21.6 Å². The Hall–Kier alpha value is -2.29. The molecule has 27 heavy (non-hydrogen) atoms. The molecule has 1 fully saturated rings. The molecule has 0 aromatic heterocycles. The van der Waals surface area contributed by atoms with Gasteiger partial charge in [-0.1, -0.05) is 6.07 Å². The van der Waals surface area contributed by atoms with Crippen molar-refractivity contribution in [2.45, 2.75) is 24.7 Å². The lowest BCUT2D eigenvalue weighted by Crippen LogP contribution is -2.32. The van der Waals surface area contributed by atoms with E-state index in [0.717, 1.165) is 12.8 Å². The van der Waals surface area contributed by atoms with Gasteiger partial charge in [-0.25, -0.2) is 12.8 Å². The van der Waals surface area contributed by atoms with E-state index in [4.69, 9.17) is 4.74 Å². The first kappa shape index (κ1) is 19.5. The molecule has 8 heteroatoms. The highest BCUT2D eigenvalue weighted by atomic mass is 32.2. The molecule has 1 amide bonds. The third kappa shape index (κ3) is 4.52. The van der Waals surface area contributed by atoms with Gasteiger partial charge >= 0.3 is 0 Å². The van der Waals surface area contributed by atoms with Gasteiger partial charge in [0.1, 0.15) is 12.5 Å². The molecular weight excluding hydrogens is 371 g/mol. The van der Waals surface area contributed by atoms with Crippen LogP contribution >= 0.6 is 0 Å². The largest absolute Gasteiger partial charge is 0.365 e. The van der Waals surface area contributed by atoms with Crippen LogP contribution in [0.4, 0.5) is 10.1 Å². The zero-order valence-electron chi connectivity index (χ0n) is 14.9. The van der Waals surface area contributed by atoms with Crippen molar-refractivity contribution in [3.05, 3.63) is 59.4 Å². The summed E-state index contributed by atoms with van der Waals surface area (Å²) in [6.07, 6.45) is 1.54. The van der Waals surface area contributed by atoms with E-state index in [9.17, 15) is 17.6 Å². The first-order chi connectivity index (χ1) is 12.9. The number of carbonyl (C=O) groups is 1. The van der Waals surface area contributed by atoms with E-state index in [-0.39, 0.29) is 24.4 Å². The van der Waals surface area contributed by atoms with E-state index < -0.39 is 15.9 Å². The van der Waals surface area contributed by atoms with Crippen molar-refractivity contribution in [2.75, 3.05) is 25.2 Å². The standard InChI is InChI=1S/C19H21FN2O4S.H2/c1-14-11-16(7-8-18(14)20)21-19(23)15-5-4-6-17(12-15)27(24,25)22-9-2-3-10-26-13-22;/h4-8,11-12H,2-3,9-10,13H2,1H3,(H,21,23);1H. The number of rotatable bonds is 4. The van der Waals surface area contributed by atoms with Gasteiger partial charge in [0.25, 0.3) is 5.91 Å². The Balaban J connectivity index is 0.00000280. The first-order valence-corrected chi connectivity index (χ1v) is 10.1. The number of benzene rings is 2. The lowest BCUT2D eigenvalue weighted by molar-refractivity contribution is 0.0913. The summed E-state index contributed by atoms with van der Waals surface area (Å²) in [5, 5.41) is 2.66. The van der Waals surface area contributed by atoms with Crippen LogP contribution in [0, 0.1) is 12.7 Å². The molecule has 146 valence electrons. The molecule has 1 saturated heterocycles. The van der Waals surface area contributed by atoms with Gasteiger partial charge in [0.05, 0.1) is 4.90 Å². The van der Waals surface area contributed by atoms with E-state index in [1.165, 1.54) is 46.8 Å².